The number of nitrogens with zero attached hydrogens (tertiary/aromatic N) is 4. The summed E-state index contributed by atoms with van der Waals surface area (Å²) in [7, 11) is -3.18. The van der Waals surface area contributed by atoms with E-state index in [0.717, 1.165) is 33.3 Å². The van der Waals surface area contributed by atoms with Gasteiger partial charge in [0, 0.05) is 47.6 Å². The van der Waals surface area contributed by atoms with Gasteiger partial charge in [-0.15, -0.1) is 0 Å². The van der Waals surface area contributed by atoms with Crippen molar-refractivity contribution in [3.8, 4) is 33.8 Å². The van der Waals surface area contributed by atoms with Gasteiger partial charge >= 0.3 is 0 Å². The zero-order chi connectivity index (χ0) is 28.7. The van der Waals surface area contributed by atoms with E-state index in [9.17, 15) is 12.8 Å². The molecule has 6 rings (SSSR count). The van der Waals surface area contributed by atoms with Crippen LogP contribution in [-0.4, -0.2) is 56.6 Å². The first-order chi connectivity index (χ1) is 19.6. The number of imidazole rings is 1. The monoisotopic (exact) mass is 569 g/mol. The number of anilines is 1. The number of H-pyrrole nitrogens is 2. The van der Waals surface area contributed by atoms with E-state index in [1.165, 1.54) is 18.4 Å². The van der Waals surface area contributed by atoms with Crippen LogP contribution in [0.4, 0.5) is 10.1 Å². The number of fused-ring (bicyclic) bond motifs is 2. The molecule has 0 radical (unpaired) electrons. The highest BCUT2D eigenvalue weighted by atomic mass is 32.2. The summed E-state index contributed by atoms with van der Waals surface area (Å²) in [6.45, 7) is 4.14. The lowest BCUT2D eigenvalue weighted by Crippen LogP contribution is -2.09. The molecule has 0 saturated carbocycles. The van der Waals surface area contributed by atoms with Crippen molar-refractivity contribution in [2.24, 2.45) is 0 Å². The molecule has 4 aromatic heterocycles. The molecule has 9 nitrogen and oxygen atoms in total. The van der Waals surface area contributed by atoms with Gasteiger partial charge in [-0.25, -0.2) is 22.8 Å². The summed E-state index contributed by atoms with van der Waals surface area (Å²) in [5.41, 5.74) is 7.34. The van der Waals surface area contributed by atoms with Crippen LogP contribution in [0.2, 0.25) is 0 Å². The molecule has 0 atom stereocenters. The average Bonchev–Trinajstić information content (AvgIpc) is 3.54. The highest BCUT2D eigenvalue weighted by Gasteiger charge is 2.17. The lowest BCUT2D eigenvalue weighted by molar-refractivity contribution is 0.600. The zero-order valence-corrected chi connectivity index (χ0v) is 23.6. The van der Waals surface area contributed by atoms with Gasteiger partial charge in [-0.2, -0.15) is 5.10 Å². The summed E-state index contributed by atoms with van der Waals surface area (Å²) >= 11 is 0. The Balaban J connectivity index is 1.40. The number of sulfone groups is 1. The number of aryl methyl sites for hydroxylation is 1. The van der Waals surface area contributed by atoms with Crippen LogP contribution in [-0.2, 0) is 16.3 Å². The standard InChI is InChI=1S/C30H28FN7O2S/c1-17(2)34-23-12-20(14-32-16-23)21-13-25-28(37-38-29(25)33-15-21)30-35-26-6-4-5-24(27(26)36-30)19-9-18(10-22(31)11-19)7-8-41(3,39)40/h4-6,9-17,34H,7-8H2,1-3H3,(H,35,36)(H,33,37,38). The van der Waals surface area contributed by atoms with E-state index in [-0.39, 0.29) is 18.2 Å². The largest absolute Gasteiger partial charge is 0.382 e. The molecule has 11 heteroatoms. The minimum Gasteiger partial charge on any atom is -0.382 e. The number of aromatic amines is 2. The molecule has 3 N–H and O–H groups in total. The molecule has 0 bridgehead atoms. The lowest BCUT2D eigenvalue weighted by atomic mass is 10.0. The van der Waals surface area contributed by atoms with Crippen molar-refractivity contribution in [1.82, 2.24) is 30.1 Å². The molecule has 0 spiro atoms. The molecular formula is C30H28FN7O2S. The number of nitrogens with one attached hydrogen (secondary N) is 3. The second kappa shape index (κ2) is 10.4. The number of aromatic nitrogens is 6. The van der Waals surface area contributed by atoms with E-state index in [1.54, 1.807) is 18.6 Å². The number of rotatable bonds is 8. The van der Waals surface area contributed by atoms with Crippen LogP contribution in [0, 0.1) is 5.82 Å². The third-order valence-corrected chi connectivity index (χ3v) is 7.66. The molecule has 208 valence electrons. The summed E-state index contributed by atoms with van der Waals surface area (Å²) in [4.78, 5) is 17.2. The number of para-hydroxylation sites is 1. The van der Waals surface area contributed by atoms with Crippen LogP contribution < -0.4 is 5.32 Å². The van der Waals surface area contributed by atoms with Crippen molar-refractivity contribution in [2.45, 2.75) is 26.3 Å². The fraction of sp³-hybridized carbons (Fsp3) is 0.200. The Kier molecular flexibility index (Phi) is 6.74. The highest BCUT2D eigenvalue weighted by molar-refractivity contribution is 7.90. The molecule has 6 aromatic rings. The first kappa shape index (κ1) is 26.6. The Hall–Kier alpha value is -4.64. The van der Waals surface area contributed by atoms with E-state index in [1.807, 2.05) is 36.4 Å². The number of hydrogen-bond acceptors (Lipinski definition) is 7. The summed E-state index contributed by atoms with van der Waals surface area (Å²) in [6, 6.07) is 14.6. The predicted octanol–water partition coefficient (Wildman–Crippen LogP) is 5.78. The van der Waals surface area contributed by atoms with Crippen LogP contribution in [0.1, 0.15) is 19.4 Å². The van der Waals surface area contributed by atoms with Crippen molar-refractivity contribution in [3.63, 3.8) is 0 Å². The smallest absolute Gasteiger partial charge is 0.181 e. The fourth-order valence-corrected chi connectivity index (χ4v) is 5.49. The van der Waals surface area contributed by atoms with Gasteiger partial charge in [0.2, 0.25) is 0 Å². The second-order valence-corrected chi connectivity index (χ2v) is 12.7. The van der Waals surface area contributed by atoms with Gasteiger partial charge in [0.25, 0.3) is 0 Å². The van der Waals surface area contributed by atoms with Crippen LogP contribution in [0.15, 0.2) is 67.1 Å². The summed E-state index contributed by atoms with van der Waals surface area (Å²) < 4.78 is 37.9. The van der Waals surface area contributed by atoms with Crippen molar-refractivity contribution in [2.75, 3.05) is 17.3 Å². The molecule has 0 amide bonds. The minimum atomic E-state index is -3.18. The molecule has 41 heavy (non-hydrogen) atoms. The molecule has 0 unspecified atom stereocenters. The van der Waals surface area contributed by atoms with Gasteiger partial charge in [0.05, 0.1) is 27.9 Å². The van der Waals surface area contributed by atoms with Gasteiger partial charge in [-0.3, -0.25) is 10.1 Å². The Morgan fingerprint density at radius 2 is 1.83 bits per heavy atom. The molecule has 0 fully saturated rings. The van der Waals surface area contributed by atoms with Crippen LogP contribution in [0.5, 0.6) is 0 Å². The van der Waals surface area contributed by atoms with E-state index in [4.69, 9.17) is 4.98 Å². The van der Waals surface area contributed by atoms with E-state index < -0.39 is 15.7 Å². The van der Waals surface area contributed by atoms with E-state index >= 15 is 0 Å². The quantitative estimate of drug-likeness (QED) is 0.212. The van der Waals surface area contributed by atoms with Crippen LogP contribution in [0.3, 0.4) is 0 Å². The Morgan fingerprint density at radius 3 is 2.63 bits per heavy atom. The van der Waals surface area contributed by atoms with Gasteiger partial charge in [0.1, 0.15) is 21.3 Å². The van der Waals surface area contributed by atoms with Crippen LogP contribution in [0.25, 0.3) is 55.8 Å². The normalized spacial score (nSPS) is 12.0. The van der Waals surface area contributed by atoms with Gasteiger partial charge in [0.15, 0.2) is 11.5 Å². The van der Waals surface area contributed by atoms with Gasteiger partial charge < -0.3 is 10.3 Å². The number of pyridine rings is 2. The fourth-order valence-electron chi connectivity index (χ4n) is 4.89. The number of hydrogen-bond donors (Lipinski definition) is 3. The highest BCUT2D eigenvalue weighted by Crippen LogP contribution is 2.33. The zero-order valence-electron chi connectivity index (χ0n) is 22.7. The first-order valence-electron chi connectivity index (χ1n) is 13.2. The topological polar surface area (TPSA) is 129 Å². The average molecular weight is 570 g/mol. The summed E-state index contributed by atoms with van der Waals surface area (Å²) in [5.74, 6) is 0.0829. The SMILES string of the molecule is CC(C)Nc1cncc(-c2cnc3n[nH]c(-c4nc5c(-c6cc(F)cc(CCS(C)(=O)=O)c6)cccc5[nH]4)c3c2)c1. The molecule has 0 aliphatic carbocycles. The van der Waals surface area contributed by atoms with E-state index in [0.29, 0.717) is 33.8 Å². The van der Waals surface area contributed by atoms with Crippen LogP contribution >= 0.6 is 0 Å². The third kappa shape index (κ3) is 5.66. The maximum atomic E-state index is 14.6. The number of benzene rings is 2. The third-order valence-electron chi connectivity index (χ3n) is 6.72. The predicted molar refractivity (Wildman–Crippen MR) is 160 cm³/mol. The maximum Gasteiger partial charge on any atom is 0.181 e. The van der Waals surface area contributed by atoms with Gasteiger partial charge in [-0.1, -0.05) is 18.2 Å². The second-order valence-electron chi connectivity index (χ2n) is 10.5. The summed E-state index contributed by atoms with van der Waals surface area (Å²) in [6.07, 6.45) is 6.76. The molecule has 0 saturated heterocycles. The maximum absolute atomic E-state index is 14.6. The van der Waals surface area contributed by atoms with Gasteiger partial charge in [-0.05, 0) is 61.7 Å². The molecule has 2 aromatic carbocycles. The first-order valence-corrected chi connectivity index (χ1v) is 15.2. The number of halogens is 1. The van der Waals surface area contributed by atoms with Crippen molar-refractivity contribution >= 4 is 37.6 Å². The molecule has 0 aliphatic rings. The molecular weight excluding hydrogens is 541 g/mol. The Labute approximate surface area is 236 Å². The molecule has 0 aliphatic heterocycles. The summed E-state index contributed by atoms with van der Waals surface area (Å²) in [5, 5.41) is 11.6. The van der Waals surface area contributed by atoms with E-state index in [2.05, 4.69) is 44.3 Å². The van der Waals surface area contributed by atoms with Crippen molar-refractivity contribution in [3.05, 3.63) is 78.5 Å². The minimum absolute atomic E-state index is 0.0514. The van der Waals surface area contributed by atoms with Crippen molar-refractivity contribution in [1.29, 1.82) is 0 Å². The Morgan fingerprint density at radius 1 is 1.00 bits per heavy atom. The Bertz CT molecular complexity index is 2010. The molecule has 4 heterocycles. The lowest BCUT2D eigenvalue weighted by Gasteiger charge is -2.10. The van der Waals surface area contributed by atoms with Crippen molar-refractivity contribution < 1.29 is 12.8 Å².